The number of carbonyl (C=O) groups excluding carboxylic acids is 2. The van der Waals surface area contributed by atoms with Crippen LogP contribution >= 0.6 is 27.7 Å². The van der Waals surface area contributed by atoms with E-state index in [0.29, 0.717) is 24.5 Å². The number of halogens is 1. The third kappa shape index (κ3) is 4.49. The second-order valence-corrected chi connectivity index (χ2v) is 9.32. The lowest BCUT2D eigenvalue weighted by molar-refractivity contribution is -0.122. The first kappa shape index (κ1) is 21.9. The summed E-state index contributed by atoms with van der Waals surface area (Å²) in [5, 5.41) is 0.854. The van der Waals surface area contributed by atoms with Crippen LogP contribution < -0.4 is 0 Å². The number of hydrogen-bond acceptors (Lipinski definition) is 4. The van der Waals surface area contributed by atoms with Crippen LogP contribution in [-0.4, -0.2) is 40.9 Å². The van der Waals surface area contributed by atoms with Gasteiger partial charge in [-0.2, -0.15) is 0 Å². The van der Waals surface area contributed by atoms with Crippen molar-refractivity contribution in [1.29, 1.82) is 0 Å². The summed E-state index contributed by atoms with van der Waals surface area (Å²) in [4.78, 5) is 27.0. The van der Waals surface area contributed by atoms with Crippen molar-refractivity contribution < 1.29 is 14.3 Å². The molecule has 0 bridgehead atoms. The monoisotopic (exact) mass is 498 g/mol. The molecule has 1 aliphatic heterocycles. The quantitative estimate of drug-likeness (QED) is 0.303. The largest absolute Gasteiger partial charge is 0.385 e. The maximum atomic E-state index is 12.9. The lowest BCUT2D eigenvalue weighted by Crippen LogP contribution is -2.29. The summed E-state index contributed by atoms with van der Waals surface area (Å²) < 4.78 is 8.35. The number of rotatable bonds is 7. The molecule has 0 N–H and O–H groups in total. The third-order valence-corrected chi connectivity index (χ3v) is 6.85. The Morgan fingerprint density at radius 1 is 1.10 bits per heavy atom. The summed E-state index contributed by atoms with van der Waals surface area (Å²) in [7, 11) is 1.61. The summed E-state index contributed by atoms with van der Waals surface area (Å²) in [5.74, 6) is -0.227. The first-order chi connectivity index (χ1) is 15.0. The van der Waals surface area contributed by atoms with E-state index in [9.17, 15) is 9.59 Å². The Morgan fingerprint density at radius 3 is 2.58 bits per heavy atom. The van der Waals surface area contributed by atoms with Crippen molar-refractivity contribution in [3.8, 4) is 0 Å². The van der Waals surface area contributed by atoms with Crippen molar-refractivity contribution in [2.45, 2.75) is 19.9 Å². The summed E-state index contributed by atoms with van der Waals surface area (Å²) in [6.07, 6.45) is 2.50. The minimum Gasteiger partial charge on any atom is -0.385 e. The highest BCUT2D eigenvalue weighted by Gasteiger charge is 2.35. The van der Waals surface area contributed by atoms with Gasteiger partial charge in [0.15, 0.2) is 0 Å². The van der Waals surface area contributed by atoms with E-state index in [2.05, 4.69) is 51.7 Å². The number of thioether (sulfide) groups is 1. The maximum Gasteiger partial charge on any atom is 0.293 e. The molecule has 160 valence electrons. The van der Waals surface area contributed by atoms with Gasteiger partial charge in [-0.15, -0.1) is 0 Å². The number of ether oxygens (including phenoxy) is 1. The van der Waals surface area contributed by atoms with Crippen molar-refractivity contribution in [2.75, 3.05) is 20.3 Å². The van der Waals surface area contributed by atoms with Gasteiger partial charge in [0.25, 0.3) is 11.1 Å². The molecule has 4 rings (SSSR count). The molecule has 1 saturated heterocycles. The molecule has 0 radical (unpaired) electrons. The zero-order chi connectivity index (χ0) is 22.0. The van der Waals surface area contributed by atoms with Gasteiger partial charge in [-0.1, -0.05) is 46.3 Å². The van der Waals surface area contributed by atoms with Gasteiger partial charge in [0.1, 0.15) is 0 Å². The van der Waals surface area contributed by atoms with Crippen molar-refractivity contribution >= 4 is 55.8 Å². The average molecular weight is 499 g/mol. The van der Waals surface area contributed by atoms with Gasteiger partial charge in [0.05, 0.1) is 4.91 Å². The lowest BCUT2D eigenvalue weighted by atomic mass is 10.1. The number of hydrogen-bond donors (Lipinski definition) is 0. The number of methoxy groups -OCH3 is 1. The van der Waals surface area contributed by atoms with E-state index in [1.54, 1.807) is 7.11 Å². The molecule has 5 nitrogen and oxygen atoms in total. The second kappa shape index (κ2) is 9.42. The number of aromatic nitrogens is 1. The third-order valence-electron chi connectivity index (χ3n) is 5.41. The molecule has 0 atom stereocenters. The summed E-state index contributed by atoms with van der Waals surface area (Å²) in [6, 6.07) is 16.5. The van der Waals surface area contributed by atoms with Gasteiger partial charge in [-0.25, -0.2) is 0 Å². The smallest absolute Gasteiger partial charge is 0.293 e. The SMILES string of the molecule is COCCCN1C(=O)S/C(=C/c2c(C)n(Cc3ccc(Br)cc3)c3ccccc23)C1=O. The molecule has 0 unspecified atom stereocenters. The molecule has 0 spiro atoms. The lowest BCUT2D eigenvalue weighted by Gasteiger charge is -2.11. The molecular formula is C24H23BrN2O3S. The van der Waals surface area contributed by atoms with Crippen molar-refractivity contribution in [1.82, 2.24) is 9.47 Å². The Labute approximate surface area is 194 Å². The molecule has 2 aromatic carbocycles. The zero-order valence-electron chi connectivity index (χ0n) is 17.4. The van der Waals surface area contributed by atoms with Crippen molar-refractivity contribution in [3.05, 3.63) is 74.7 Å². The Balaban J connectivity index is 1.70. The number of nitrogens with zero attached hydrogens (tertiary/aromatic N) is 2. The van der Waals surface area contributed by atoms with E-state index >= 15 is 0 Å². The van der Waals surface area contributed by atoms with Gasteiger partial charge < -0.3 is 9.30 Å². The first-order valence-corrected chi connectivity index (χ1v) is 11.7. The van der Waals surface area contributed by atoms with Crippen LogP contribution in [0.1, 0.15) is 23.2 Å². The molecule has 2 amide bonds. The normalized spacial score (nSPS) is 15.6. The first-order valence-electron chi connectivity index (χ1n) is 10.1. The molecule has 1 aliphatic rings. The summed E-state index contributed by atoms with van der Waals surface area (Å²) in [5.41, 5.74) is 4.34. The van der Waals surface area contributed by atoms with E-state index in [4.69, 9.17) is 4.74 Å². The van der Waals surface area contributed by atoms with E-state index in [0.717, 1.165) is 44.9 Å². The molecule has 1 aromatic heterocycles. The minimum absolute atomic E-state index is 0.219. The standard InChI is InChI=1S/C24H23BrN2O3S/c1-16-20(14-22-23(28)26(24(29)31-22)12-5-13-30-2)19-6-3-4-7-21(19)27(16)15-17-8-10-18(25)11-9-17/h3-4,6-11,14H,5,12-13,15H2,1-2H3/b22-14+. The van der Waals surface area contributed by atoms with Gasteiger partial charge in [-0.3, -0.25) is 14.5 Å². The van der Waals surface area contributed by atoms with E-state index in [-0.39, 0.29) is 11.1 Å². The topological polar surface area (TPSA) is 51.5 Å². The van der Waals surface area contributed by atoms with Crippen LogP contribution in [0.4, 0.5) is 4.79 Å². The zero-order valence-corrected chi connectivity index (χ0v) is 19.8. The van der Waals surface area contributed by atoms with Gasteiger partial charge >= 0.3 is 0 Å². The minimum atomic E-state index is -0.227. The number of imide groups is 1. The molecule has 31 heavy (non-hydrogen) atoms. The Morgan fingerprint density at radius 2 is 1.84 bits per heavy atom. The number of benzene rings is 2. The van der Waals surface area contributed by atoms with E-state index in [1.807, 2.05) is 30.3 Å². The highest BCUT2D eigenvalue weighted by Crippen LogP contribution is 2.36. The fourth-order valence-electron chi connectivity index (χ4n) is 3.81. The van der Waals surface area contributed by atoms with E-state index < -0.39 is 0 Å². The Hall–Kier alpha value is -2.35. The number of carbonyl (C=O) groups is 2. The van der Waals surface area contributed by atoms with Gasteiger partial charge in [0.2, 0.25) is 0 Å². The predicted molar refractivity (Wildman–Crippen MR) is 129 cm³/mol. The number of fused-ring (bicyclic) bond motifs is 1. The summed E-state index contributed by atoms with van der Waals surface area (Å²) in [6.45, 7) is 3.68. The number of amides is 2. The molecule has 0 aliphatic carbocycles. The van der Waals surface area contributed by atoms with Crippen molar-refractivity contribution in [2.24, 2.45) is 0 Å². The van der Waals surface area contributed by atoms with E-state index in [1.165, 1.54) is 10.5 Å². The summed E-state index contributed by atoms with van der Waals surface area (Å²) >= 11 is 4.50. The van der Waals surface area contributed by atoms with Crippen LogP contribution in [0, 0.1) is 6.92 Å². The average Bonchev–Trinajstić information content (AvgIpc) is 3.18. The van der Waals surface area contributed by atoms with Crippen LogP contribution in [0.2, 0.25) is 0 Å². The van der Waals surface area contributed by atoms with Crippen LogP contribution in [0.3, 0.4) is 0 Å². The van der Waals surface area contributed by atoms with Crippen LogP contribution in [0.15, 0.2) is 57.9 Å². The van der Waals surface area contributed by atoms with Crippen LogP contribution in [0.25, 0.3) is 17.0 Å². The molecule has 7 heteroatoms. The predicted octanol–water partition coefficient (Wildman–Crippen LogP) is 5.83. The fourth-order valence-corrected chi connectivity index (χ4v) is 4.92. The number of para-hydroxylation sites is 1. The highest BCUT2D eigenvalue weighted by molar-refractivity contribution is 9.10. The molecular weight excluding hydrogens is 476 g/mol. The van der Waals surface area contributed by atoms with Crippen molar-refractivity contribution in [3.63, 3.8) is 0 Å². The van der Waals surface area contributed by atoms with Gasteiger partial charge in [-0.05, 0) is 54.9 Å². The van der Waals surface area contributed by atoms with Crippen LogP contribution in [0.5, 0.6) is 0 Å². The molecule has 3 aromatic rings. The second-order valence-electron chi connectivity index (χ2n) is 7.41. The molecule has 0 saturated carbocycles. The van der Waals surface area contributed by atoms with Gasteiger partial charge in [0, 0.05) is 53.4 Å². The fraction of sp³-hybridized carbons (Fsp3) is 0.250. The maximum absolute atomic E-state index is 12.9. The van der Waals surface area contributed by atoms with Crippen LogP contribution in [-0.2, 0) is 16.1 Å². The highest BCUT2D eigenvalue weighted by atomic mass is 79.9. The Bertz CT molecular complexity index is 1170. The molecule has 1 fully saturated rings. The molecule has 2 heterocycles. The Kier molecular flexibility index (Phi) is 6.65.